The summed E-state index contributed by atoms with van der Waals surface area (Å²) in [7, 11) is 0. The molecule has 41 heavy (non-hydrogen) atoms. The number of benzene rings is 2. The maximum Gasteiger partial charge on any atom is 0.324 e. The third kappa shape index (κ3) is 6.69. The quantitative estimate of drug-likeness (QED) is 0.247. The fraction of sp³-hybridized carbons (Fsp3) is 0.344. The molecule has 212 valence electrons. The van der Waals surface area contributed by atoms with Crippen molar-refractivity contribution >= 4 is 23.3 Å². The fourth-order valence-corrected chi connectivity index (χ4v) is 5.21. The Morgan fingerprint density at radius 3 is 2.44 bits per heavy atom. The van der Waals surface area contributed by atoms with Crippen molar-refractivity contribution in [2.45, 2.75) is 51.9 Å². The molecule has 1 atom stereocenters. The molecule has 3 N–H and O–H groups in total. The average molecular weight is 552 g/mol. The van der Waals surface area contributed by atoms with Crippen molar-refractivity contribution in [3.63, 3.8) is 0 Å². The van der Waals surface area contributed by atoms with Crippen LogP contribution in [0.25, 0.3) is 5.69 Å². The summed E-state index contributed by atoms with van der Waals surface area (Å²) in [6, 6.07) is 17.0. The van der Waals surface area contributed by atoms with Crippen LogP contribution in [0.5, 0.6) is 0 Å². The summed E-state index contributed by atoms with van der Waals surface area (Å²) >= 11 is 0. The van der Waals surface area contributed by atoms with Gasteiger partial charge in [0.1, 0.15) is 11.5 Å². The van der Waals surface area contributed by atoms with Crippen LogP contribution >= 0.6 is 0 Å². The smallest absolute Gasteiger partial charge is 0.317 e. The fourth-order valence-electron chi connectivity index (χ4n) is 5.21. The molecule has 1 aliphatic rings. The first-order valence-electron chi connectivity index (χ1n) is 14.1. The largest absolute Gasteiger partial charge is 0.324 e. The van der Waals surface area contributed by atoms with E-state index in [1.807, 2.05) is 61.5 Å². The number of urea groups is 1. The molecule has 1 aliphatic heterocycles. The number of aromatic nitrogens is 4. The number of hydrogen-bond donors (Lipinski definition) is 3. The molecule has 2 amide bonds. The number of aryl methyl sites for hydroxylation is 1. The van der Waals surface area contributed by atoms with Crippen molar-refractivity contribution in [3.05, 3.63) is 95.7 Å². The predicted octanol–water partition coefficient (Wildman–Crippen LogP) is 5.88. The minimum atomic E-state index is -0.394. The van der Waals surface area contributed by atoms with Gasteiger partial charge in [-0.3, -0.25) is 15.1 Å². The Morgan fingerprint density at radius 1 is 1.00 bits per heavy atom. The van der Waals surface area contributed by atoms with Crippen LogP contribution in [0.4, 0.5) is 16.3 Å². The summed E-state index contributed by atoms with van der Waals surface area (Å²) in [5.74, 6) is 0.298. The Balaban J connectivity index is 1.39. The molecule has 1 unspecified atom stereocenters. The van der Waals surface area contributed by atoms with E-state index in [1.54, 1.807) is 17.1 Å². The van der Waals surface area contributed by atoms with Gasteiger partial charge in [0.15, 0.2) is 5.78 Å². The lowest BCUT2D eigenvalue weighted by molar-refractivity contribution is 0.0910. The van der Waals surface area contributed by atoms with Gasteiger partial charge in [0.05, 0.1) is 23.5 Å². The highest BCUT2D eigenvalue weighted by Gasteiger charge is 2.32. The molecule has 3 heterocycles. The molecule has 0 saturated carbocycles. The summed E-state index contributed by atoms with van der Waals surface area (Å²) in [6.07, 6.45) is 6.40. The van der Waals surface area contributed by atoms with E-state index >= 15 is 0 Å². The average Bonchev–Trinajstić information content (AvgIpc) is 3.39. The maximum absolute atomic E-state index is 13.7. The molecule has 2 aromatic carbocycles. The van der Waals surface area contributed by atoms with Crippen molar-refractivity contribution in [3.8, 4) is 5.69 Å². The van der Waals surface area contributed by atoms with Gasteiger partial charge in [-0.05, 0) is 68.6 Å². The summed E-state index contributed by atoms with van der Waals surface area (Å²) in [5.41, 5.74) is 4.47. The van der Waals surface area contributed by atoms with Crippen LogP contribution in [0, 0.1) is 12.8 Å². The molecule has 0 radical (unpaired) electrons. The highest BCUT2D eigenvalue weighted by atomic mass is 16.2. The molecule has 9 nitrogen and oxygen atoms in total. The van der Waals surface area contributed by atoms with E-state index in [9.17, 15) is 9.59 Å². The van der Waals surface area contributed by atoms with E-state index in [-0.39, 0.29) is 23.0 Å². The molecule has 0 spiro atoms. The van der Waals surface area contributed by atoms with E-state index in [0.717, 1.165) is 48.4 Å². The highest BCUT2D eigenvalue weighted by Crippen LogP contribution is 2.35. The lowest BCUT2D eigenvalue weighted by Gasteiger charge is -2.30. The third-order valence-electron chi connectivity index (χ3n) is 7.45. The van der Waals surface area contributed by atoms with Gasteiger partial charge < -0.3 is 10.6 Å². The number of anilines is 2. The first-order valence-corrected chi connectivity index (χ1v) is 14.1. The number of piperidine rings is 1. The van der Waals surface area contributed by atoms with E-state index in [0.29, 0.717) is 17.2 Å². The topological polar surface area (TPSA) is 114 Å². The molecular formula is C32H37N7O2. The number of nitrogens with zero attached hydrogens (tertiary/aromatic N) is 4. The van der Waals surface area contributed by atoms with Crippen molar-refractivity contribution < 1.29 is 9.59 Å². The number of carbonyl (C=O) groups is 2. The SMILES string of the molecule is Cc1ccc(-n2nc(C(C)(C)C)cc2NC(=O)Nc2cccc(C(C(=O)c3cnccn3)C3CCNCC3)c2)cc1. The Bertz CT molecular complexity index is 1500. The molecule has 1 fully saturated rings. The number of ketones is 1. The van der Waals surface area contributed by atoms with E-state index < -0.39 is 6.03 Å². The second-order valence-electron chi connectivity index (χ2n) is 11.6. The maximum atomic E-state index is 13.7. The van der Waals surface area contributed by atoms with E-state index in [2.05, 4.69) is 46.7 Å². The Morgan fingerprint density at radius 2 is 1.76 bits per heavy atom. The van der Waals surface area contributed by atoms with Gasteiger partial charge in [-0.1, -0.05) is 50.6 Å². The zero-order valence-electron chi connectivity index (χ0n) is 24.0. The Labute approximate surface area is 240 Å². The first-order chi connectivity index (χ1) is 19.7. The Hall–Kier alpha value is -4.37. The van der Waals surface area contributed by atoms with Gasteiger partial charge in [-0.15, -0.1) is 0 Å². The lowest BCUT2D eigenvalue weighted by Crippen LogP contribution is -2.34. The van der Waals surface area contributed by atoms with Gasteiger partial charge in [-0.2, -0.15) is 5.10 Å². The zero-order valence-corrected chi connectivity index (χ0v) is 24.0. The van der Waals surface area contributed by atoms with Crippen LogP contribution in [0.3, 0.4) is 0 Å². The number of hydrogen-bond acceptors (Lipinski definition) is 6. The van der Waals surface area contributed by atoms with Gasteiger partial charge in [0.25, 0.3) is 0 Å². The number of Topliss-reactive ketones (excluding diaryl/α,β-unsaturated/α-hetero) is 1. The Kier molecular flexibility index (Phi) is 8.26. The molecule has 0 aliphatic carbocycles. The van der Waals surface area contributed by atoms with Gasteiger partial charge in [0.2, 0.25) is 0 Å². The summed E-state index contributed by atoms with van der Waals surface area (Å²) in [5, 5.41) is 14.1. The predicted molar refractivity (Wildman–Crippen MR) is 161 cm³/mol. The van der Waals surface area contributed by atoms with Crippen LogP contribution < -0.4 is 16.0 Å². The van der Waals surface area contributed by atoms with Gasteiger partial charge in [0, 0.05) is 29.6 Å². The minimum Gasteiger partial charge on any atom is -0.317 e. The molecule has 0 bridgehead atoms. The van der Waals surface area contributed by atoms with Crippen molar-refractivity contribution in [2.24, 2.45) is 5.92 Å². The van der Waals surface area contributed by atoms with Crippen LogP contribution in [-0.4, -0.2) is 44.7 Å². The highest BCUT2D eigenvalue weighted by molar-refractivity contribution is 6.01. The first kappa shape index (κ1) is 28.2. The molecule has 1 saturated heterocycles. The molecule has 9 heteroatoms. The normalized spacial score (nSPS) is 14.8. The van der Waals surface area contributed by atoms with Crippen molar-refractivity contribution in [2.75, 3.05) is 23.7 Å². The second-order valence-corrected chi connectivity index (χ2v) is 11.6. The third-order valence-corrected chi connectivity index (χ3v) is 7.45. The summed E-state index contributed by atoms with van der Waals surface area (Å²) in [6.45, 7) is 10.0. The standard InChI is InChI=1S/C32H37N7O2/c1-21-8-10-25(11-9-21)39-28(19-27(38-39)32(2,3)4)37-31(41)36-24-7-5-6-23(18-24)29(22-12-14-33-15-13-22)30(40)26-20-34-16-17-35-26/h5-11,16-20,22,29,33H,12-15H2,1-4H3,(H2,36,37,41). The van der Waals surface area contributed by atoms with Crippen LogP contribution in [-0.2, 0) is 5.41 Å². The van der Waals surface area contributed by atoms with Crippen LogP contribution in [0.1, 0.15) is 66.8 Å². The number of rotatable bonds is 7. The number of nitrogens with one attached hydrogen (secondary N) is 3. The van der Waals surface area contributed by atoms with Crippen molar-refractivity contribution in [1.82, 2.24) is 25.1 Å². The number of amides is 2. The van der Waals surface area contributed by atoms with Crippen LogP contribution in [0.15, 0.2) is 73.2 Å². The van der Waals surface area contributed by atoms with E-state index in [4.69, 9.17) is 5.10 Å². The molecule has 2 aromatic heterocycles. The van der Waals surface area contributed by atoms with Crippen LogP contribution in [0.2, 0.25) is 0 Å². The van der Waals surface area contributed by atoms with E-state index in [1.165, 1.54) is 6.20 Å². The molecule has 5 rings (SSSR count). The number of carbonyl (C=O) groups excluding carboxylic acids is 2. The van der Waals surface area contributed by atoms with Crippen molar-refractivity contribution in [1.29, 1.82) is 0 Å². The monoisotopic (exact) mass is 551 g/mol. The van der Waals surface area contributed by atoms with Gasteiger partial charge in [-0.25, -0.2) is 14.5 Å². The zero-order chi connectivity index (χ0) is 29.0. The molecule has 4 aromatic rings. The molecular weight excluding hydrogens is 514 g/mol. The van der Waals surface area contributed by atoms with Gasteiger partial charge >= 0.3 is 6.03 Å². The lowest BCUT2D eigenvalue weighted by atomic mass is 9.77. The minimum absolute atomic E-state index is 0.0525. The summed E-state index contributed by atoms with van der Waals surface area (Å²) in [4.78, 5) is 35.3. The summed E-state index contributed by atoms with van der Waals surface area (Å²) < 4.78 is 1.75. The second kappa shape index (κ2) is 12.0.